The summed E-state index contributed by atoms with van der Waals surface area (Å²) in [5.41, 5.74) is 0.700. The number of carbonyl (C=O) groups excluding carboxylic acids is 2. The highest BCUT2D eigenvalue weighted by atomic mass is 16.7. The van der Waals surface area contributed by atoms with Gasteiger partial charge in [0.05, 0.1) is 33.0 Å². The van der Waals surface area contributed by atoms with Gasteiger partial charge in [-0.1, -0.05) is 30.3 Å². The molecule has 0 aromatic heterocycles. The van der Waals surface area contributed by atoms with Crippen LogP contribution < -0.4 is 19.5 Å². The van der Waals surface area contributed by atoms with E-state index in [2.05, 4.69) is 5.32 Å². The number of carbonyl (C=O) groups is 2. The van der Waals surface area contributed by atoms with Crippen molar-refractivity contribution in [2.24, 2.45) is 0 Å². The van der Waals surface area contributed by atoms with Crippen LogP contribution in [0, 0.1) is 0 Å². The standard InChI is InChI=1S/C29H40N2O8/c1-29(2,3)39-28(33)31-14-10-13-23(37-18-20-11-8-7-9-12-20)22(17-31)30-27(32)21-15-24(35-5)26(38-19-34-4)25(16-21)36-6/h7-9,11-12,15-16,22-23H,10,13-14,17-19H2,1-6H3,(H,30,32)/t22-,23-/m1/s1. The molecule has 3 rings (SSSR count). The highest BCUT2D eigenvalue weighted by molar-refractivity contribution is 5.96. The molecule has 0 spiro atoms. The Labute approximate surface area is 230 Å². The molecule has 214 valence electrons. The Kier molecular flexibility index (Phi) is 10.8. The molecule has 0 bridgehead atoms. The fraction of sp³-hybridized carbons (Fsp3) is 0.517. The molecule has 1 aliphatic heterocycles. The highest BCUT2D eigenvalue weighted by Gasteiger charge is 2.33. The van der Waals surface area contributed by atoms with Crippen LogP contribution in [0.3, 0.4) is 0 Å². The molecule has 2 amide bonds. The summed E-state index contributed by atoms with van der Waals surface area (Å²) in [5, 5.41) is 3.08. The van der Waals surface area contributed by atoms with Crippen molar-refractivity contribution in [1.82, 2.24) is 10.2 Å². The average Bonchev–Trinajstić information content (AvgIpc) is 3.11. The van der Waals surface area contributed by atoms with Crippen molar-refractivity contribution in [3.63, 3.8) is 0 Å². The van der Waals surface area contributed by atoms with E-state index in [1.165, 1.54) is 21.3 Å². The Bertz CT molecular complexity index is 1060. The van der Waals surface area contributed by atoms with Crippen LogP contribution in [0.15, 0.2) is 42.5 Å². The van der Waals surface area contributed by atoms with Crippen LogP contribution in [-0.4, -0.2) is 75.9 Å². The van der Waals surface area contributed by atoms with Crippen molar-refractivity contribution in [2.75, 3.05) is 41.2 Å². The van der Waals surface area contributed by atoms with Gasteiger partial charge >= 0.3 is 6.09 Å². The number of nitrogens with zero attached hydrogens (tertiary/aromatic N) is 1. The number of likely N-dealkylation sites (tertiary alicyclic amines) is 1. The molecule has 0 aliphatic carbocycles. The van der Waals surface area contributed by atoms with Gasteiger partial charge in [-0.3, -0.25) is 4.79 Å². The summed E-state index contributed by atoms with van der Waals surface area (Å²) >= 11 is 0. The van der Waals surface area contributed by atoms with Crippen LogP contribution in [0.1, 0.15) is 49.5 Å². The maximum Gasteiger partial charge on any atom is 0.410 e. The molecular formula is C29H40N2O8. The lowest BCUT2D eigenvalue weighted by Crippen LogP contribution is -2.51. The maximum atomic E-state index is 13.5. The summed E-state index contributed by atoms with van der Waals surface area (Å²) in [6, 6.07) is 12.5. The van der Waals surface area contributed by atoms with Gasteiger partial charge in [0.15, 0.2) is 18.3 Å². The molecule has 39 heavy (non-hydrogen) atoms. The number of methoxy groups -OCH3 is 3. The minimum absolute atomic E-state index is 0.0126. The van der Waals surface area contributed by atoms with E-state index in [4.69, 9.17) is 28.4 Å². The first kappa shape index (κ1) is 30.0. The first-order valence-corrected chi connectivity index (χ1v) is 13.0. The smallest absolute Gasteiger partial charge is 0.410 e. The molecule has 2 aromatic rings. The quantitative estimate of drug-likeness (QED) is 0.439. The molecule has 1 heterocycles. The molecule has 10 heteroatoms. The Balaban J connectivity index is 1.85. The molecule has 2 atom stereocenters. The summed E-state index contributed by atoms with van der Waals surface area (Å²) in [6.07, 6.45) is 0.620. The van der Waals surface area contributed by atoms with Crippen LogP contribution in [0.4, 0.5) is 4.79 Å². The predicted octanol–water partition coefficient (Wildman–Crippen LogP) is 4.40. The zero-order valence-electron chi connectivity index (χ0n) is 23.7. The Morgan fingerprint density at radius 2 is 1.69 bits per heavy atom. The van der Waals surface area contributed by atoms with Gasteiger partial charge in [0.1, 0.15) is 5.60 Å². The molecule has 1 fully saturated rings. The minimum atomic E-state index is -0.634. The fourth-order valence-corrected chi connectivity index (χ4v) is 4.26. The Morgan fingerprint density at radius 1 is 1.03 bits per heavy atom. The van der Waals surface area contributed by atoms with Crippen molar-refractivity contribution < 1.29 is 38.0 Å². The van der Waals surface area contributed by atoms with E-state index in [-0.39, 0.29) is 25.3 Å². The third-order valence-electron chi connectivity index (χ3n) is 6.10. The minimum Gasteiger partial charge on any atom is -0.493 e. The normalized spacial score (nSPS) is 17.6. The van der Waals surface area contributed by atoms with Crippen LogP contribution >= 0.6 is 0 Å². The van der Waals surface area contributed by atoms with E-state index in [0.29, 0.717) is 48.8 Å². The first-order valence-electron chi connectivity index (χ1n) is 13.0. The van der Waals surface area contributed by atoms with E-state index >= 15 is 0 Å². The molecule has 0 radical (unpaired) electrons. The van der Waals surface area contributed by atoms with Crippen molar-refractivity contribution in [1.29, 1.82) is 0 Å². The predicted molar refractivity (Wildman–Crippen MR) is 145 cm³/mol. The van der Waals surface area contributed by atoms with Gasteiger partial charge in [-0.15, -0.1) is 0 Å². The van der Waals surface area contributed by atoms with E-state index in [0.717, 1.165) is 5.56 Å². The number of nitrogens with one attached hydrogen (secondary N) is 1. The third kappa shape index (κ3) is 8.76. The van der Waals surface area contributed by atoms with E-state index in [9.17, 15) is 9.59 Å². The maximum absolute atomic E-state index is 13.5. The number of ether oxygens (including phenoxy) is 6. The number of benzene rings is 2. The van der Waals surface area contributed by atoms with Crippen molar-refractivity contribution in [3.05, 3.63) is 53.6 Å². The summed E-state index contributed by atoms with van der Waals surface area (Å²) in [6.45, 7) is 6.60. The molecular weight excluding hydrogens is 504 g/mol. The van der Waals surface area contributed by atoms with Gasteiger partial charge in [-0.25, -0.2) is 4.79 Å². The second-order valence-electron chi connectivity index (χ2n) is 10.2. The van der Waals surface area contributed by atoms with Crippen molar-refractivity contribution >= 4 is 12.0 Å². The molecule has 1 N–H and O–H groups in total. The molecule has 0 unspecified atom stereocenters. The Hall–Kier alpha value is -3.50. The van der Waals surface area contributed by atoms with Gasteiger partial charge in [-0.2, -0.15) is 0 Å². The number of amides is 2. The topological polar surface area (TPSA) is 105 Å². The van der Waals surface area contributed by atoms with E-state index < -0.39 is 17.7 Å². The van der Waals surface area contributed by atoms with E-state index in [1.807, 2.05) is 51.1 Å². The summed E-state index contributed by atoms with van der Waals surface area (Å²) in [4.78, 5) is 28.1. The first-order chi connectivity index (χ1) is 18.6. The third-order valence-corrected chi connectivity index (χ3v) is 6.10. The second-order valence-corrected chi connectivity index (χ2v) is 10.2. The summed E-state index contributed by atoms with van der Waals surface area (Å²) in [7, 11) is 4.46. The average molecular weight is 545 g/mol. The highest BCUT2D eigenvalue weighted by Crippen LogP contribution is 2.38. The van der Waals surface area contributed by atoms with Gasteiger partial charge in [0, 0.05) is 25.8 Å². The van der Waals surface area contributed by atoms with Crippen molar-refractivity contribution in [3.8, 4) is 17.2 Å². The zero-order valence-corrected chi connectivity index (χ0v) is 23.7. The molecule has 1 saturated heterocycles. The van der Waals surface area contributed by atoms with Crippen molar-refractivity contribution in [2.45, 2.75) is 58.0 Å². The lowest BCUT2D eigenvalue weighted by atomic mass is 10.1. The lowest BCUT2D eigenvalue weighted by Gasteiger charge is -2.31. The van der Waals surface area contributed by atoms with E-state index in [1.54, 1.807) is 17.0 Å². The molecule has 2 aromatic carbocycles. The van der Waals surface area contributed by atoms with Crippen LogP contribution in [0.2, 0.25) is 0 Å². The molecule has 10 nitrogen and oxygen atoms in total. The summed E-state index contributed by atoms with van der Waals surface area (Å²) in [5.74, 6) is 0.608. The van der Waals surface area contributed by atoms with Gasteiger partial charge in [-0.05, 0) is 51.3 Å². The SMILES string of the molecule is COCOc1c(OC)cc(C(=O)N[C@@H]2CN(C(=O)OC(C)(C)C)CCC[C@H]2OCc2ccccc2)cc1OC. The second kappa shape index (κ2) is 14.0. The largest absolute Gasteiger partial charge is 0.493 e. The summed E-state index contributed by atoms with van der Waals surface area (Å²) < 4.78 is 33.4. The van der Waals surface area contributed by atoms with Gasteiger partial charge in [0.2, 0.25) is 5.75 Å². The number of hydrogen-bond acceptors (Lipinski definition) is 8. The number of hydrogen-bond donors (Lipinski definition) is 1. The lowest BCUT2D eigenvalue weighted by molar-refractivity contribution is 0.00420. The van der Waals surface area contributed by atoms with Crippen LogP contribution in [-0.2, 0) is 20.8 Å². The Morgan fingerprint density at radius 3 is 2.28 bits per heavy atom. The number of rotatable bonds is 10. The molecule has 1 aliphatic rings. The van der Waals surface area contributed by atoms with Gasteiger partial charge in [0.25, 0.3) is 5.91 Å². The van der Waals surface area contributed by atoms with Crippen LogP contribution in [0.25, 0.3) is 0 Å². The fourth-order valence-electron chi connectivity index (χ4n) is 4.26. The monoisotopic (exact) mass is 544 g/mol. The zero-order chi connectivity index (χ0) is 28.4. The van der Waals surface area contributed by atoms with Gasteiger partial charge < -0.3 is 38.6 Å². The molecule has 0 saturated carbocycles. The van der Waals surface area contributed by atoms with Crippen LogP contribution in [0.5, 0.6) is 17.2 Å².